The predicted molar refractivity (Wildman–Crippen MR) is 110 cm³/mol. The van der Waals surface area contributed by atoms with Crippen LogP contribution in [0.25, 0.3) is 11.1 Å². The van der Waals surface area contributed by atoms with Crippen molar-refractivity contribution in [1.82, 2.24) is 10.2 Å². The second kappa shape index (κ2) is 9.69. The number of carbonyl (C=O) groups excluding carboxylic acids is 2. The van der Waals surface area contributed by atoms with E-state index in [-0.39, 0.29) is 29.6 Å². The van der Waals surface area contributed by atoms with Gasteiger partial charge in [0.15, 0.2) is 0 Å². The van der Waals surface area contributed by atoms with Gasteiger partial charge in [-0.25, -0.2) is 0 Å². The number of alkyl halides is 2. The fourth-order valence-corrected chi connectivity index (χ4v) is 3.77. The van der Waals surface area contributed by atoms with Gasteiger partial charge in [-0.05, 0) is 54.7 Å². The molecule has 0 saturated heterocycles. The van der Waals surface area contributed by atoms with Gasteiger partial charge in [-0.1, -0.05) is 31.2 Å². The Kier molecular flexibility index (Phi) is 7.03. The lowest BCUT2D eigenvalue weighted by molar-refractivity contribution is -0.121. The molecule has 5 nitrogen and oxygen atoms in total. The molecule has 2 aromatic carbocycles. The monoisotopic (exact) mass is 416 g/mol. The minimum absolute atomic E-state index is 0.0408. The quantitative estimate of drug-likeness (QED) is 0.724. The number of nitrogens with zero attached hydrogens (tertiary/aromatic N) is 1. The van der Waals surface area contributed by atoms with Crippen LogP contribution in [0.3, 0.4) is 0 Å². The molecule has 160 valence electrons. The van der Waals surface area contributed by atoms with Crippen molar-refractivity contribution in [3.8, 4) is 16.9 Å². The number of ether oxygens (including phenoxy) is 1. The Morgan fingerprint density at radius 1 is 1.07 bits per heavy atom. The maximum Gasteiger partial charge on any atom is 0.387 e. The van der Waals surface area contributed by atoms with Gasteiger partial charge in [0, 0.05) is 31.1 Å². The Bertz CT molecular complexity index is 869. The van der Waals surface area contributed by atoms with Gasteiger partial charge in [0.1, 0.15) is 5.75 Å². The molecule has 2 aromatic rings. The van der Waals surface area contributed by atoms with E-state index in [1.54, 1.807) is 36.2 Å². The van der Waals surface area contributed by atoms with Crippen LogP contribution in [-0.4, -0.2) is 42.5 Å². The average molecular weight is 416 g/mol. The van der Waals surface area contributed by atoms with Crippen molar-refractivity contribution in [1.29, 1.82) is 0 Å². The SMILES string of the molecule is CCC(=O)N[C@@H]1CC[C@H](N(C)C(=O)c2ccc(-c3ccc(OC(F)F)cc3)cc2)C1. The van der Waals surface area contributed by atoms with Crippen molar-refractivity contribution in [2.24, 2.45) is 0 Å². The van der Waals surface area contributed by atoms with Crippen LogP contribution in [-0.2, 0) is 4.79 Å². The van der Waals surface area contributed by atoms with Crippen LogP contribution in [0, 0.1) is 0 Å². The number of amides is 2. The number of benzene rings is 2. The highest BCUT2D eigenvalue weighted by atomic mass is 19.3. The maximum atomic E-state index is 12.9. The highest BCUT2D eigenvalue weighted by molar-refractivity contribution is 5.94. The summed E-state index contributed by atoms with van der Waals surface area (Å²) in [6, 6.07) is 13.8. The Morgan fingerprint density at radius 2 is 1.67 bits per heavy atom. The van der Waals surface area contributed by atoms with Crippen LogP contribution < -0.4 is 10.1 Å². The topological polar surface area (TPSA) is 58.6 Å². The zero-order valence-electron chi connectivity index (χ0n) is 17.1. The zero-order valence-corrected chi connectivity index (χ0v) is 17.1. The van der Waals surface area contributed by atoms with Crippen molar-refractivity contribution >= 4 is 11.8 Å². The smallest absolute Gasteiger partial charge is 0.387 e. The van der Waals surface area contributed by atoms with Crippen LogP contribution in [0.15, 0.2) is 48.5 Å². The van der Waals surface area contributed by atoms with Gasteiger partial charge < -0.3 is 15.0 Å². The second-order valence-corrected chi connectivity index (χ2v) is 7.48. The van der Waals surface area contributed by atoms with E-state index < -0.39 is 6.61 Å². The van der Waals surface area contributed by atoms with Crippen molar-refractivity contribution in [3.05, 3.63) is 54.1 Å². The molecule has 30 heavy (non-hydrogen) atoms. The molecule has 0 aromatic heterocycles. The molecule has 2 amide bonds. The first-order valence-corrected chi connectivity index (χ1v) is 10.1. The van der Waals surface area contributed by atoms with Gasteiger partial charge in [-0.2, -0.15) is 8.78 Å². The second-order valence-electron chi connectivity index (χ2n) is 7.48. The van der Waals surface area contributed by atoms with Gasteiger partial charge in [-0.3, -0.25) is 9.59 Å². The molecule has 0 aliphatic heterocycles. The molecular weight excluding hydrogens is 390 g/mol. The fraction of sp³-hybridized carbons (Fsp3) is 0.391. The van der Waals surface area contributed by atoms with Crippen molar-refractivity contribution in [2.45, 2.75) is 51.3 Å². The number of hydrogen-bond donors (Lipinski definition) is 1. The predicted octanol–water partition coefficient (Wildman–Crippen LogP) is 4.47. The molecule has 1 saturated carbocycles. The van der Waals surface area contributed by atoms with Crippen LogP contribution in [0.2, 0.25) is 0 Å². The van der Waals surface area contributed by atoms with Crippen molar-refractivity contribution in [3.63, 3.8) is 0 Å². The lowest BCUT2D eigenvalue weighted by Crippen LogP contribution is -2.38. The van der Waals surface area contributed by atoms with E-state index in [1.807, 2.05) is 19.1 Å². The maximum absolute atomic E-state index is 12.9. The highest BCUT2D eigenvalue weighted by Gasteiger charge is 2.30. The number of halogens is 2. The summed E-state index contributed by atoms with van der Waals surface area (Å²) in [5.74, 6) is 0.0842. The number of nitrogens with one attached hydrogen (secondary N) is 1. The lowest BCUT2D eigenvalue weighted by Gasteiger charge is -2.25. The zero-order chi connectivity index (χ0) is 21.7. The molecule has 0 radical (unpaired) electrons. The molecule has 0 bridgehead atoms. The number of carbonyl (C=O) groups is 2. The minimum atomic E-state index is -2.85. The van der Waals surface area contributed by atoms with Crippen molar-refractivity contribution in [2.75, 3.05) is 7.05 Å². The Morgan fingerprint density at radius 3 is 2.23 bits per heavy atom. The molecule has 0 spiro atoms. The summed E-state index contributed by atoms with van der Waals surface area (Å²) in [5.41, 5.74) is 2.30. The van der Waals surface area contributed by atoms with Gasteiger partial charge in [0.05, 0.1) is 0 Å². The van der Waals surface area contributed by atoms with Crippen LogP contribution in [0.5, 0.6) is 5.75 Å². The van der Waals surface area contributed by atoms with E-state index in [1.165, 1.54) is 12.1 Å². The highest BCUT2D eigenvalue weighted by Crippen LogP contribution is 2.26. The third-order valence-corrected chi connectivity index (χ3v) is 5.50. The van der Waals surface area contributed by atoms with E-state index in [0.29, 0.717) is 12.0 Å². The Balaban J connectivity index is 1.61. The minimum Gasteiger partial charge on any atom is -0.435 e. The standard InChI is InChI=1S/C23H26F2N2O3/c1-3-21(28)26-18-10-11-19(14-18)27(2)22(29)17-6-4-15(5-7-17)16-8-12-20(13-9-16)30-23(24)25/h4-9,12-13,18-19,23H,3,10-11,14H2,1-2H3,(H,26,28)/t18-,19+/m1/s1. The molecule has 7 heteroatoms. The number of rotatable bonds is 7. The normalized spacial score (nSPS) is 18.3. The van der Waals surface area contributed by atoms with Crippen molar-refractivity contribution < 1.29 is 23.1 Å². The van der Waals surface area contributed by atoms with E-state index >= 15 is 0 Å². The molecular formula is C23H26F2N2O3. The first-order valence-electron chi connectivity index (χ1n) is 10.1. The fourth-order valence-electron chi connectivity index (χ4n) is 3.77. The summed E-state index contributed by atoms with van der Waals surface area (Å²) in [6.07, 6.45) is 2.96. The summed E-state index contributed by atoms with van der Waals surface area (Å²) in [5, 5.41) is 3.00. The molecule has 0 unspecified atom stereocenters. The van der Waals surface area contributed by atoms with Gasteiger partial charge in [0.2, 0.25) is 5.91 Å². The van der Waals surface area contributed by atoms with E-state index in [4.69, 9.17) is 0 Å². The molecule has 1 fully saturated rings. The number of hydrogen-bond acceptors (Lipinski definition) is 3. The van der Waals surface area contributed by atoms with Gasteiger partial charge in [-0.15, -0.1) is 0 Å². The van der Waals surface area contributed by atoms with Crippen LogP contribution >= 0.6 is 0 Å². The van der Waals surface area contributed by atoms with Gasteiger partial charge in [0.25, 0.3) is 5.91 Å². The van der Waals surface area contributed by atoms with Crippen LogP contribution in [0.4, 0.5) is 8.78 Å². The summed E-state index contributed by atoms with van der Waals surface area (Å²) in [6.45, 7) is -1.02. The van der Waals surface area contributed by atoms with E-state index in [0.717, 1.165) is 30.4 Å². The Labute approximate surface area is 175 Å². The third kappa shape index (κ3) is 5.34. The lowest BCUT2D eigenvalue weighted by atomic mass is 10.0. The first-order chi connectivity index (χ1) is 14.4. The summed E-state index contributed by atoms with van der Waals surface area (Å²) in [4.78, 5) is 26.2. The van der Waals surface area contributed by atoms with Crippen LogP contribution in [0.1, 0.15) is 43.0 Å². The third-order valence-electron chi connectivity index (χ3n) is 5.50. The molecule has 3 rings (SSSR count). The average Bonchev–Trinajstić information content (AvgIpc) is 3.21. The van der Waals surface area contributed by atoms with E-state index in [9.17, 15) is 18.4 Å². The largest absolute Gasteiger partial charge is 0.435 e. The first kappa shape index (κ1) is 21.7. The molecule has 2 atom stereocenters. The van der Waals surface area contributed by atoms with E-state index in [2.05, 4.69) is 10.1 Å². The molecule has 0 heterocycles. The molecule has 1 aliphatic rings. The summed E-state index contributed by atoms with van der Waals surface area (Å²) >= 11 is 0. The summed E-state index contributed by atoms with van der Waals surface area (Å²) in [7, 11) is 1.80. The Hall–Kier alpha value is -2.96. The summed E-state index contributed by atoms with van der Waals surface area (Å²) < 4.78 is 28.9. The molecule has 1 aliphatic carbocycles. The molecule has 1 N–H and O–H groups in total. The van der Waals surface area contributed by atoms with Gasteiger partial charge >= 0.3 is 6.61 Å².